The number of methoxy groups -OCH3 is 2. The SMILES string of the molecule is COc1ccc(CNC(=O)[C@@H](C)N[C@H](C)c2ccccc2)cc1OC. The van der Waals surface area contributed by atoms with E-state index in [0.29, 0.717) is 18.0 Å². The Morgan fingerprint density at radius 3 is 2.32 bits per heavy atom. The Morgan fingerprint density at radius 2 is 1.68 bits per heavy atom. The third-order valence-electron chi connectivity index (χ3n) is 4.11. The molecule has 134 valence electrons. The van der Waals surface area contributed by atoms with E-state index in [1.165, 1.54) is 0 Å². The molecule has 0 saturated heterocycles. The van der Waals surface area contributed by atoms with E-state index in [2.05, 4.69) is 10.6 Å². The highest BCUT2D eigenvalue weighted by atomic mass is 16.5. The Hall–Kier alpha value is -2.53. The van der Waals surface area contributed by atoms with Crippen molar-refractivity contribution in [1.82, 2.24) is 10.6 Å². The van der Waals surface area contributed by atoms with Gasteiger partial charge >= 0.3 is 0 Å². The molecule has 0 unspecified atom stereocenters. The van der Waals surface area contributed by atoms with Crippen LogP contribution in [0.2, 0.25) is 0 Å². The molecule has 2 aromatic carbocycles. The first-order valence-electron chi connectivity index (χ1n) is 8.34. The standard InChI is InChI=1S/C20H26N2O3/c1-14(17-8-6-5-7-9-17)22-15(2)20(23)21-13-16-10-11-18(24-3)19(12-16)25-4/h5-12,14-15,22H,13H2,1-4H3,(H,21,23)/t14-,15-/m1/s1. The highest BCUT2D eigenvalue weighted by Crippen LogP contribution is 2.27. The van der Waals surface area contributed by atoms with Crippen molar-refractivity contribution in [3.63, 3.8) is 0 Å². The van der Waals surface area contributed by atoms with E-state index in [-0.39, 0.29) is 18.0 Å². The molecule has 0 radical (unpaired) electrons. The van der Waals surface area contributed by atoms with Crippen LogP contribution in [0.15, 0.2) is 48.5 Å². The zero-order valence-corrected chi connectivity index (χ0v) is 15.2. The van der Waals surface area contributed by atoms with Gasteiger partial charge in [-0.15, -0.1) is 0 Å². The fraction of sp³-hybridized carbons (Fsp3) is 0.350. The molecular weight excluding hydrogens is 316 g/mol. The second kappa shape index (κ2) is 9.08. The summed E-state index contributed by atoms with van der Waals surface area (Å²) in [5.41, 5.74) is 2.11. The summed E-state index contributed by atoms with van der Waals surface area (Å²) in [5, 5.41) is 6.26. The molecule has 0 spiro atoms. The van der Waals surface area contributed by atoms with E-state index in [9.17, 15) is 4.79 Å². The third kappa shape index (κ3) is 5.22. The number of amides is 1. The van der Waals surface area contributed by atoms with Crippen LogP contribution in [0.4, 0.5) is 0 Å². The van der Waals surface area contributed by atoms with Gasteiger partial charge in [0.05, 0.1) is 20.3 Å². The van der Waals surface area contributed by atoms with Crippen LogP contribution in [0, 0.1) is 0 Å². The van der Waals surface area contributed by atoms with Crippen molar-refractivity contribution in [3.05, 3.63) is 59.7 Å². The summed E-state index contributed by atoms with van der Waals surface area (Å²) in [6.45, 7) is 4.35. The smallest absolute Gasteiger partial charge is 0.237 e. The van der Waals surface area contributed by atoms with Crippen molar-refractivity contribution in [2.75, 3.05) is 14.2 Å². The molecule has 0 aliphatic carbocycles. The van der Waals surface area contributed by atoms with E-state index in [4.69, 9.17) is 9.47 Å². The lowest BCUT2D eigenvalue weighted by Gasteiger charge is -2.20. The second-order valence-electron chi connectivity index (χ2n) is 5.93. The van der Waals surface area contributed by atoms with Crippen LogP contribution in [0.5, 0.6) is 11.5 Å². The predicted molar refractivity (Wildman–Crippen MR) is 98.8 cm³/mol. The monoisotopic (exact) mass is 342 g/mol. The maximum atomic E-state index is 12.3. The molecule has 2 atom stereocenters. The van der Waals surface area contributed by atoms with Crippen molar-refractivity contribution in [2.24, 2.45) is 0 Å². The fourth-order valence-electron chi connectivity index (χ4n) is 2.62. The number of nitrogens with one attached hydrogen (secondary N) is 2. The summed E-state index contributed by atoms with van der Waals surface area (Å²) < 4.78 is 10.5. The molecule has 0 fully saturated rings. The van der Waals surface area contributed by atoms with Gasteiger partial charge in [-0.2, -0.15) is 0 Å². The average molecular weight is 342 g/mol. The van der Waals surface area contributed by atoms with Crippen LogP contribution in [-0.2, 0) is 11.3 Å². The second-order valence-corrected chi connectivity index (χ2v) is 5.93. The Balaban J connectivity index is 1.89. The largest absolute Gasteiger partial charge is 0.493 e. The number of benzene rings is 2. The molecule has 0 aromatic heterocycles. The van der Waals surface area contributed by atoms with Crippen LogP contribution >= 0.6 is 0 Å². The van der Waals surface area contributed by atoms with Gasteiger partial charge in [0.2, 0.25) is 5.91 Å². The lowest BCUT2D eigenvalue weighted by atomic mass is 10.1. The van der Waals surface area contributed by atoms with Gasteiger partial charge in [-0.3, -0.25) is 10.1 Å². The molecule has 0 bridgehead atoms. The molecule has 0 aliphatic heterocycles. The predicted octanol–water partition coefficient (Wildman–Crippen LogP) is 3.06. The molecule has 2 N–H and O–H groups in total. The van der Waals surface area contributed by atoms with Crippen LogP contribution in [0.1, 0.15) is 31.0 Å². The zero-order chi connectivity index (χ0) is 18.2. The fourth-order valence-corrected chi connectivity index (χ4v) is 2.62. The van der Waals surface area contributed by atoms with Gasteiger partial charge in [-0.1, -0.05) is 36.4 Å². The maximum Gasteiger partial charge on any atom is 0.237 e. The lowest BCUT2D eigenvalue weighted by molar-refractivity contribution is -0.123. The van der Waals surface area contributed by atoms with E-state index in [1.54, 1.807) is 14.2 Å². The Bertz CT molecular complexity index is 689. The highest BCUT2D eigenvalue weighted by molar-refractivity contribution is 5.81. The van der Waals surface area contributed by atoms with Crippen molar-refractivity contribution >= 4 is 5.91 Å². The molecular formula is C20H26N2O3. The number of rotatable bonds is 8. The number of hydrogen-bond donors (Lipinski definition) is 2. The first-order chi connectivity index (χ1) is 12.0. The summed E-state index contributed by atoms with van der Waals surface area (Å²) in [5.74, 6) is 1.28. The normalized spacial score (nSPS) is 13.0. The number of carbonyl (C=O) groups is 1. The zero-order valence-electron chi connectivity index (χ0n) is 15.2. The lowest BCUT2D eigenvalue weighted by Crippen LogP contribution is -2.42. The first-order valence-corrected chi connectivity index (χ1v) is 8.34. The summed E-state index contributed by atoms with van der Waals surface area (Å²) in [6, 6.07) is 15.5. The molecule has 5 nitrogen and oxygen atoms in total. The van der Waals surface area contributed by atoms with Gasteiger partial charge in [0.15, 0.2) is 11.5 Å². The Morgan fingerprint density at radius 1 is 1.00 bits per heavy atom. The van der Waals surface area contributed by atoms with Crippen molar-refractivity contribution in [1.29, 1.82) is 0 Å². The molecule has 1 amide bonds. The van der Waals surface area contributed by atoms with E-state index in [1.807, 2.05) is 62.4 Å². The average Bonchev–Trinajstić information content (AvgIpc) is 2.66. The van der Waals surface area contributed by atoms with Gasteiger partial charge in [0.1, 0.15) is 0 Å². The van der Waals surface area contributed by atoms with Crippen LogP contribution in [0.3, 0.4) is 0 Å². The van der Waals surface area contributed by atoms with Crippen LogP contribution < -0.4 is 20.1 Å². The topological polar surface area (TPSA) is 59.6 Å². The van der Waals surface area contributed by atoms with Gasteiger partial charge in [0.25, 0.3) is 0 Å². The minimum Gasteiger partial charge on any atom is -0.493 e. The van der Waals surface area contributed by atoms with Crippen LogP contribution in [-0.4, -0.2) is 26.2 Å². The molecule has 2 aromatic rings. The van der Waals surface area contributed by atoms with Crippen molar-refractivity contribution in [3.8, 4) is 11.5 Å². The Kier molecular flexibility index (Phi) is 6.83. The van der Waals surface area contributed by atoms with E-state index in [0.717, 1.165) is 11.1 Å². The van der Waals surface area contributed by atoms with E-state index < -0.39 is 0 Å². The van der Waals surface area contributed by atoms with Crippen molar-refractivity contribution in [2.45, 2.75) is 32.5 Å². The summed E-state index contributed by atoms with van der Waals surface area (Å²) in [4.78, 5) is 12.3. The summed E-state index contributed by atoms with van der Waals surface area (Å²) in [7, 11) is 3.19. The minimum atomic E-state index is -0.296. The number of hydrogen-bond acceptors (Lipinski definition) is 4. The first kappa shape index (κ1) is 18.8. The minimum absolute atomic E-state index is 0.0439. The quantitative estimate of drug-likeness (QED) is 0.774. The van der Waals surface area contributed by atoms with Gasteiger partial charge in [-0.05, 0) is 37.1 Å². The molecule has 2 rings (SSSR count). The number of ether oxygens (including phenoxy) is 2. The highest BCUT2D eigenvalue weighted by Gasteiger charge is 2.16. The van der Waals surface area contributed by atoms with Crippen LogP contribution in [0.25, 0.3) is 0 Å². The van der Waals surface area contributed by atoms with Gasteiger partial charge < -0.3 is 14.8 Å². The summed E-state index contributed by atoms with van der Waals surface area (Å²) >= 11 is 0. The third-order valence-corrected chi connectivity index (χ3v) is 4.11. The molecule has 25 heavy (non-hydrogen) atoms. The molecule has 5 heteroatoms. The van der Waals surface area contributed by atoms with E-state index >= 15 is 0 Å². The molecule has 0 heterocycles. The van der Waals surface area contributed by atoms with Gasteiger partial charge in [-0.25, -0.2) is 0 Å². The Labute approximate surface area is 149 Å². The van der Waals surface area contributed by atoms with Crippen molar-refractivity contribution < 1.29 is 14.3 Å². The molecule has 0 saturated carbocycles. The van der Waals surface area contributed by atoms with Gasteiger partial charge in [0, 0.05) is 12.6 Å². The number of carbonyl (C=O) groups excluding carboxylic acids is 1. The summed E-state index contributed by atoms with van der Waals surface area (Å²) in [6.07, 6.45) is 0. The maximum absolute atomic E-state index is 12.3. The molecule has 0 aliphatic rings.